The zero-order valence-corrected chi connectivity index (χ0v) is 8.66. The standard InChI is InChI=1S/C11H18O3/c1-14-10(13)11(4-5-12)7-8-2-3-9(11)6-8/h8-9,12H,2-7H2,1H3. The Hall–Kier alpha value is -0.570. The smallest absolute Gasteiger partial charge is 0.312 e. The monoisotopic (exact) mass is 198 g/mol. The van der Waals surface area contributed by atoms with E-state index in [2.05, 4.69) is 0 Å². The summed E-state index contributed by atoms with van der Waals surface area (Å²) in [6.45, 7) is 0.0956. The second kappa shape index (κ2) is 3.54. The average molecular weight is 198 g/mol. The van der Waals surface area contributed by atoms with Crippen molar-refractivity contribution in [3.63, 3.8) is 0 Å². The highest BCUT2D eigenvalue weighted by Crippen LogP contribution is 2.57. The quantitative estimate of drug-likeness (QED) is 0.696. The summed E-state index contributed by atoms with van der Waals surface area (Å²) in [4.78, 5) is 11.8. The fourth-order valence-electron chi connectivity index (χ4n) is 3.51. The highest BCUT2D eigenvalue weighted by atomic mass is 16.5. The van der Waals surface area contributed by atoms with E-state index in [0.29, 0.717) is 18.3 Å². The predicted molar refractivity (Wildman–Crippen MR) is 51.6 cm³/mol. The van der Waals surface area contributed by atoms with Crippen molar-refractivity contribution in [1.82, 2.24) is 0 Å². The maximum atomic E-state index is 11.8. The van der Waals surface area contributed by atoms with E-state index in [1.165, 1.54) is 13.5 Å². The largest absolute Gasteiger partial charge is 0.469 e. The average Bonchev–Trinajstić information content (AvgIpc) is 2.77. The van der Waals surface area contributed by atoms with Crippen molar-refractivity contribution in [2.45, 2.75) is 32.1 Å². The summed E-state index contributed by atoms with van der Waals surface area (Å²) < 4.78 is 4.89. The Bertz CT molecular complexity index is 239. The van der Waals surface area contributed by atoms with Gasteiger partial charge >= 0.3 is 5.97 Å². The maximum absolute atomic E-state index is 11.8. The molecule has 0 spiro atoms. The fourth-order valence-corrected chi connectivity index (χ4v) is 3.51. The van der Waals surface area contributed by atoms with Crippen LogP contribution in [0.25, 0.3) is 0 Å². The van der Waals surface area contributed by atoms with Crippen molar-refractivity contribution in [2.24, 2.45) is 17.3 Å². The number of carbonyl (C=O) groups excluding carboxylic acids is 1. The molecule has 0 aromatic rings. The number of rotatable bonds is 3. The van der Waals surface area contributed by atoms with Crippen LogP contribution in [0.5, 0.6) is 0 Å². The van der Waals surface area contributed by atoms with Gasteiger partial charge in [-0.1, -0.05) is 6.42 Å². The van der Waals surface area contributed by atoms with Gasteiger partial charge in [0.05, 0.1) is 12.5 Å². The molecule has 3 nitrogen and oxygen atoms in total. The summed E-state index contributed by atoms with van der Waals surface area (Å²) in [6, 6.07) is 0. The number of carbonyl (C=O) groups is 1. The SMILES string of the molecule is COC(=O)C1(CCO)CC2CCC1C2. The second-order valence-corrected chi connectivity index (χ2v) is 4.70. The molecule has 80 valence electrons. The molecule has 0 saturated heterocycles. The Morgan fingerprint density at radius 3 is 2.79 bits per heavy atom. The number of fused-ring (bicyclic) bond motifs is 2. The molecular weight excluding hydrogens is 180 g/mol. The van der Waals surface area contributed by atoms with Gasteiger partial charge in [0.2, 0.25) is 0 Å². The third-order valence-electron chi connectivity index (χ3n) is 4.13. The molecule has 1 N–H and O–H groups in total. The molecule has 0 aromatic carbocycles. The lowest BCUT2D eigenvalue weighted by molar-refractivity contribution is -0.157. The number of aliphatic hydroxyl groups is 1. The lowest BCUT2D eigenvalue weighted by atomic mass is 9.71. The van der Waals surface area contributed by atoms with E-state index in [-0.39, 0.29) is 18.0 Å². The molecule has 0 aromatic heterocycles. The van der Waals surface area contributed by atoms with Gasteiger partial charge < -0.3 is 9.84 Å². The van der Waals surface area contributed by atoms with Gasteiger partial charge in [-0.15, -0.1) is 0 Å². The first-order chi connectivity index (χ1) is 6.73. The van der Waals surface area contributed by atoms with Crippen molar-refractivity contribution < 1.29 is 14.6 Å². The van der Waals surface area contributed by atoms with Crippen LogP contribution in [0, 0.1) is 17.3 Å². The van der Waals surface area contributed by atoms with Crippen LogP contribution in [0.1, 0.15) is 32.1 Å². The zero-order chi connectivity index (χ0) is 10.2. The van der Waals surface area contributed by atoms with Gasteiger partial charge in [0, 0.05) is 6.61 Å². The van der Waals surface area contributed by atoms with Crippen molar-refractivity contribution in [3.8, 4) is 0 Å². The molecule has 2 bridgehead atoms. The Morgan fingerprint density at radius 2 is 2.36 bits per heavy atom. The van der Waals surface area contributed by atoms with Gasteiger partial charge in [0.25, 0.3) is 0 Å². The summed E-state index contributed by atoms with van der Waals surface area (Å²) in [5.74, 6) is 1.07. The van der Waals surface area contributed by atoms with Gasteiger partial charge in [-0.3, -0.25) is 4.79 Å². The van der Waals surface area contributed by atoms with Crippen molar-refractivity contribution >= 4 is 5.97 Å². The number of ether oxygens (including phenoxy) is 1. The van der Waals surface area contributed by atoms with E-state index >= 15 is 0 Å². The predicted octanol–water partition coefficient (Wildman–Crippen LogP) is 1.35. The Labute approximate surface area is 84.4 Å². The van der Waals surface area contributed by atoms with Gasteiger partial charge in [-0.25, -0.2) is 0 Å². The topological polar surface area (TPSA) is 46.5 Å². The molecule has 2 fully saturated rings. The number of esters is 1. The molecule has 3 unspecified atom stereocenters. The fraction of sp³-hybridized carbons (Fsp3) is 0.909. The third kappa shape index (κ3) is 1.26. The molecule has 2 saturated carbocycles. The Balaban J connectivity index is 2.19. The first-order valence-corrected chi connectivity index (χ1v) is 5.42. The van der Waals surface area contributed by atoms with E-state index in [9.17, 15) is 4.79 Å². The van der Waals surface area contributed by atoms with Crippen LogP contribution in [-0.2, 0) is 9.53 Å². The van der Waals surface area contributed by atoms with E-state index in [1.54, 1.807) is 0 Å². The van der Waals surface area contributed by atoms with E-state index in [1.807, 2.05) is 0 Å². The highest BCUT2D eigenvalue weighted by Gasteiger charge is 2.55. The van der Waals surface area contributed by atoms with E-state index < -0.39 is 0 Å². The van der Waals surface area contributed by atoms with Gasteiger partial charge in [-0.05, 0) is 37.5 Å². The lowest BCUT2D eigenvalue weighted by Gasteiger charge is -2.34. The van der Waals surface area contributed by atoms with Crippen LogP contribution in [0.15, 0.2) is 0 Å². The van der Waals surface area contributed by atoms with Gasteiger partial charge in [0.15, 0.2) is 0 Å². The van der Waals surface area contributed by atoms with E-state index in [4.69, 9.17) is 9.84 Å². The van der Waals surface area contributed by atoms with Crippen LogP contribution in [-0.4, -0.2) is 24.8 Å². The van der Waals surface area contributed by atoms with Crippen LogP contribution in [0.3, 0.4) is 0 Å². The first kappa shape index (κ1) is 9.97. The summed E-state index contributed by atoms with van der Waals surface area (Å²) in [5.41, 5.74) is -0.341. The first-order valence-electron chi connectivity index (χ1n) is 5.42. The summed E-state index contributed by atoms with van der Waals surface area (Å²) in [7, 11) is 1.45. The minimum absolute atomic E-state index is 0.0956. The van der Waals surface area contributed by atoms with Crippen LogP contribution in [0.2, 0.25) is 0 Å². The molecular formula is C11H18O3. The molecule has 2 aliphatic rings. The lowest BCUT2D eigenvalue weighted by Crippen LogP contribution is -2.38. The summed E-state index contributed by atoms with van der Waals surface area (Å²) >= 11 is 0. The molecule has 2 rings (SSSR count). The number of methoxy groups -OCH3 is 1. The number of aliphatic hydroxyl groups excluding tert-OH is 1. The van der Waals surface area contributed by atoms with Gasteiger partial charge in [0.1, 0.15) is 0 Å². The number of hydrogen-bond donors (Lipinski definition) is 1. The van der Waals surface area contributed by atoms with Crippen LogP contribution < -0.4 is 0 Å². The third-order valence-corrected chi connectivity index (χ3v) is 4.13. The van der Waals surface area contributed by atoms with Crippen LogP contribution >= 0.6 is 0 Å². The van der Waals surface area contributed by atoms with Gasteiger partial charge in [-0.2, -0.15) is 0 Å². The number of hydrogen-bond acceptors (Lipinski definition) is 3. The Morgan fingerprint density at radius 1 is 1.57 bits per heavy atom. The molecule has 0 heterocycles. The zero-order valence-electron chi connectivity index (χ0n) is 8.66. The summed E-state index contributed by atoms with van der Waals surface area (Å²) in [6.07, 6.45) is 5.08. The minimum atomic E-state index is -0.341. The maximum Gasteiger partial charge on any atom is 0.312 e. The van der Waals surface area contributed by atoms with E-state index in [0.717, 1.165) is 19.3 Å². The molecule has 3 atom stereocenters. The molecule has 0 aliphatic heterocycles. The second-order valence-electron chi connectivity index (χ2n) is 4.70. The molecule has 0 amide bonds. The molecule has 0 radical (unpaired) electrons. The van der Waals surface area contributed by atoms with Crippen molar-refractivity contribution in [1.29, 1.82) is 0 Å². The Kier molecular flexibility index (Phi) is 2.52. The minimum Gasteiger partial charge on any atom is -0.469 e. The normalized spacial score (nSPS) is 40.1. The molecule has 2 aliphatic carbocycles. The van der Waals surface area contributed by atoms with Crippen LogP contribution in [0.4, 0.5) is 0 Å². The molecule has 3 heteroatoms. The van der Waals surface area contributed by atoms with Crippen molar-refractivity contribution in [3.05, 3.63) is 0 Å². The summed E-state index contributed by atoms with van der Waals surface area (Å²) in [5, 5.41) is 9.06. The molecule has 14 heavy (non-hydrogen) atoms. The highest BCUT2D eigenvalue weighted by molar-refractivity contribution is 5.77. The van der Waals surface area contributed by atoms with Crippen molar-refractivity contribution in [2.75, 3.05) is 13.7 Å².